The van der Waals surface area contributed by atoms with Crippen LogP contribution >= 0.6 is 0 Å². The second kappa shape index (κ2) is 6.57. The van der Waals surface area contributed by atoms with Crippen LogP contribution in [0.25, 0.3) is 0 Å². The van der Waals surface area contributed by atoms with E-state index < -0.39 is 9.84 Å². The number of sulfone groups is 1. The Morgan fingerprint density at radius 1 is 1.38 bits per heavy atom. The van der Waals surface area contributed by atoms with Gasteiger partial charge < -0.3 is 10.4 Å². The van der Waals surface area contributed by atoms with Crippen LogP contribution in [0.15, 0.2) is 0 Å². The van der Waals surface area contributed by atoms with Gasteiger partial charge in [0, 0.05) is 12.6 Å². The monoisotopic (exact) mass is 249 g/mol. The van der Waals surface area contributed by atoms with Gasteiger partial charge in [0.15, 0.2) is 0 Å². The molecule has 2 N–H and O–H groups in total. The van der Waals surface area contributed by atoms with Gasteiger partial charge in [-0.15, -0.1) is 0 Å². The first-order valence-electron chi connectivity index (χ1n) is 6.08. The van der Waals surface area contributed by atoms with Crippen molar-refractivity contribution in [2.24, 2.45) is 5.92 Å². The van der Waals surface area contributed by atoms with E-state index >= 15 is 0 Å². The topological polar surface area (TPSA) is 66.4 Å². The first-order chi connectivity index (χ1) is 7.53. The normalized spacial score (nSPS) is 23.1. The van der Waals surface area contributed by atoms with Crippen molar-refractivity contribution in [1.29, 1.82) is 0 Å². The molecule has 1 fully saturated rings. The summed E-state index contributed by atoms with van der Waals surface area (Å²) >= 11 is 0. The Morgan fingerprint density at radius 2 is 2.00 bits per heavy atom. The summed E-state index contributed by atoms with van der Waals surface area (Å²) in [5, 5.41) is 12.2. The first kappa shape index (κ1) is 13.9. The fourth-order valence-electron chi connectivity index (χ4n) is 1.94. The minimum absolute atomic E-state index is 0.252. The Hall–Kier alpha value is -0.130. The fraction of sp³-hybridized carbons (Fsp3) is 1.00. The third-order valence-corrected chi connectivity index (χ3v) is 4.89. The molecule has 16 heavy (non-hydrogen) atoms. The van der Waals surface area contributed by atoms with Crippen LogP contribution in [0.1, 0.15) is 32.6 Å². The van der Waals surface area contributed by atoms with Crippen molar-refractivity contribution in [2.45, 2.75) is 38.6 Å². The lowest BCUT2D eigenvalue weighted by atomic mass is 10.1. The van der Waals surface area contributed by atoms with Gasteiger partial charge in [-0.1, -0.05) is 6.92 Å². The fourth-order valence-corrected chi connectivity index (χ4v) is 3.43. The number of aliphatic hydroxyl groups is 1. The van der Waals surface area contributed by atoms with Gasteiger partial charge in [-0.05, 0) is 38.1 Å². The lowest BCUT2D eigenvalue weighted by Crippen LogP contribution is -2.38. The molecule has 0 saturated carbocycles. The average molecular weight is 249 g/mol. The van der Waals surface area contributed by atoms with Gasteiger partial charge in [0.2, 0.25) is 0 Å². The van der Waals surface area contributed by atoms with Crippen molar-refractivity contribution < 1.29 is 13.5 Å². The van der Waals surface area contributed by atoms with Crippen LogP contribution in [0.2, 0.25) is 0 Å². The quantitative estimate of drug-likeness (QED) is 0.675. The molecule has 4 nitrogen and oxygen atoms in total. The Bertz CT molecular complexity index is 276. The lowest BCUT2D eigenvalue weighted by Gasteiger charge is -2.23. The molecule has 1 aliphatic heterocycles. The van der Waals surface area contributed by atoms with E-state index in [2.05, 4.69) is 5.32 Å². The second-order valence-electron chi connectivity index (χ2n) is 4.81. The molecule has 96 valence electrons. The third-order valence-electron chi connectivity index (χ3n) is 3.17. The van der Waals surface area contributed by atoms with E-state index in [1.165, 1.54) is 0 Å². The summed E-state index contributed by atoms with van der Waals surface area (Å²) in [7, 11) is -2.74. The van der Waals surface area contributed by atoms with E-state index in [4.69, 9.17) is 5.11 Å². The van der Waals surface area contributed by atoms with Crippen molar-refractivity contribution in [3.63, 3.8) is 0 Å². The molecular formula is C11H23NO3S. The van der Waals surface area contributed by atoms with Crippen LogP contribution in [0.5, 0.6) is 0 Å². The molecule has 1 heterocycles. The van der Waals surface area contributed by atoms with Crippen molar-refractivity contribution in [2.75, 3.05) is 24.7 Å². The summed E-state index contributed by atoms with van der Waals surface area (Å²) in [5.41, 5.74) is 0. The van der Waals surface area contributed by atoms with Gasteiger partial charge in [0.1, 0.15) is 9.84 Å². The van der Waals surface area contributed by atoms with Crippen LogP contribution in [-0.2, 0) is 9.84 Å². The molecule has 0 aromatic carbocycles. The van der Waals surface area contributed by atoms with E-state index in [1.807, 2.05) is 6.92 Å². The molecule has 0 radical (unpaired) electrons. The summed E-state index contributed by atoms with van der Waals surface area (Å²) in [5.74, 6) is 1.03. The molecule has 0 aromatic rings. The summed E-state index contributed by atoms with van der Waals surface area (Å²) in [4.78, 5) is 0. The standard InChI is InChI=1S/C11H23NO3S/c1-10(9-13)3-2-6-12-11-4-7-16(14,15)8-5-11/h10-13H,2-9H2,1H3. The highest BCUT2D eigenvalue weighted by Gasteiger charge is 2.22. The van der Waals surface area contributed by atoms with Gasteiger partial charge in [0.05, 0.1) is 11.5 Å². The predicted molar refractivity (Wildman–Crippen MR) is 65.2 cm³/mol. The molecule has 0 bridgehead atoms. The summed E-state index contributed by atoms with van der Waals surface area (Å²) in [6, 6.07) is 0.368. The Balaban J connectivity index is 2.07. The number of rotatable bonds is 6. The largest absolute Gasteiger partial charge is 0.396 e. The van der Waals surface area contributed by atoms with E-state index in [1.54, 1.807) is 0 Å². The first-order valence-corrected chi connectivity index (χ1v) is 7.90. The predicted octanol–water partition coefficient (Wildman–Crippen LogP) is 0.562. The molecule has 1 unspecified atom stereocenters. The zero-order chi connectivity index (χ0) is 12.0. The minimum atomic E-state index is -2.74. The lowest BCUT2D eigenvalue weighted by molar-refractivity contribution is 0.227. The van der Waals surface area contributed by atoms with Gasteiger partial charge in [-0.25, -0.2) is 8.42 Å². The van der Waals surface area contributed by atoms with Gasteiger partial charge >= 0.3 is 0 Å². The summed E-state index contributed by atoms with van der Waals surface area (Å²) < 4.78 is 22.4. The van der Waals surface area contributed by atoms with E-state index in [9.17, 15) is 8.42 Å². The number of nitrogens with one attached hydrogen (secondary N) is 1. The van der Waals surface area contributed by atoms with Crippen LogP contribution < -0.4 is 5.32 Å². The third kappa shape index (κ3) is 5.27. The molecule has 1 aliphatic rings. The molecule has 1 saturated heterocycles. The number of hydrogen-bond acceptors (Lipinski definition) is 4. The molecule has 0 aliphatic carbocycles. The zero-order valence-corrected chi connectivity index (χ0v) is 10.8. The maximum absolute atomic E-state index is 11.2. The van der Waals surface area contributed by atoms with E-state index in [0.717, 1.165) is 32.2 Å². The molecule has 1 rings (SSSR count). The Labute approximate surface area is 98.4 Å². The summed E-state index contributed by atoms with van der Waals surface area (Å²) in [6.45, 7) is 3.21. The second-order valence-corrected chi connectivity index (χ2v) is 7.11. The molecule has 1 atom stereocenters. The number of aliphatic hydroxyl groups excluding tert-OH is 1. The van der Waals surface area contributed by atoms with Crippen molar-refractivity contribution in [3.05, 3.63) is 0 Å². The van der Waals surface area contributed by atoms with Crippen molar-refractivity contribution in [1.82, 2.24) is 5.32 Å². The van der Waals surface area contributed by atoms with Gasteiger partial charge in [0.25, 0.3) is 0 Å². The molecule has 0 amide bonds. The van der Waals surface area contributed by atoms with Gasteiger partial charge in [-0.3, -0.25) is 0 Å². The van der Waals surface area contributed by atoms with Crippen molar-refractivity contribution >= 4 is 9.84 Å². The summed E-state index contributed by atoms with van der Waals surface area (Å²) in [6.07, 6.45) is 3.56. The van der Waals surface area contributed by atoms with Crippen LogP contribution in [0, 0.1) is 5.92 Å². The van der Waals surface area contributed by atoms with Crippen molar-refractivity contribution in [3.8, 4) is 0 Å². The zero-order valence-electron chi connectivity index (χ0n) is 9.98. The average Bonchev–Trinajstić information content (AvgIpc) is 2.26. The maximum atomic E-state index is 11.2. The molecule has 5 heteroatoms. The highest BCUT2D eigenvalue weighted by Crippen LogP contribution is 2.12. The molecular weight excluding hydrogens is 226 g/mol. The minimum Gasteiger partial charge on any atom is -0.396 e. The van der Waals surface area contributed by atoms with Crippen LogP contribution in [0.4, 0.5) is 0 Å². The Kier molecular flexibility index (Phi) is 5.72. The maximum Gasteiger partial charge on any atom is 0.150 e. The van der Waals surface area contributed by atoms with Crippen LogP contribution in [0.3, 0.4) is 0 Å². The highest BCUT2D eigenvalue weighted by molar-refractivity contribution is 7.91. The number of hydrogen-bond donors (Lipinski definition) is 2. The molecule has 0 spiro atoms. The van der Waals surface area contributed by atoms with E-state index in [0.29, 0.717) is 23.5 Å². The highest BCUT2D eigenvalue weighted by atomic mass is 32.2. The van der Waals surface area contributed by atoms with Crippen LogP contribution in [-0.4, -0.2) is 44.2 Å². The van der Waals surface area contributed by atoms with E-state index in [-0.39, 0.29) is 6.61 Å². The van der Waals surface area contributed by atoms with Gasteiger partial charge in [-0.2, -0.15) is 0 Å². The Morgan fingerprint density at radius 3 is 2.56 bits per heavy atom. The molecule has 0 aromatic heterocycles. The smallest absolute Gasteiger partial charge is 0.150 e. The SMILES string of the molecule is CC(CO)CCCNC1CCS(=O)(=O)CC1.